The summed E-state index contributed by atoms with van der Waals surface area (Å²) in [6, 6.07) is 45.9. The number of fused-ring (bicyclic) bond motifs is 9. The fraction of sp³-hybridized carbons (Fsp3) is 0.0238. The Morgan fingerprint density at radius 3 is 1.89 bits per heavy atom. The SMILES string of the molecule is Cc1cccc(-c2nc(-c3ccc4ccc5cc6oc7ccccc7c6cc5c4c3)nc(-c3cccc4oc5ccccc5c34)n2)c1. The molecule has 0 aliphatic carbocycles. The molecule has 3 aromatic heterocycles. The summed E-state index contributed by atoms with van der Waals surface area (Å²) in [7, 11) is 0. The Bertz CT molecular complexity index is 2880. The highest BCUT2D eigenvalue weighted by Crippen LogP contribution is 2.38. The van der Waals surface area contributed by atoms with E-state index in [0.717, 1.165) is 87.7 Å². The Morgan fingerprint density at radius 2 is 1.04 bits per heavy atom. The van der Waals surface area contributed by atoms with E-state index in [1.165, 1.54) is 0 Å². The molecule has 0 aliphatic heterocycles. The second kappa shape index (κ2) is 9.83. The minimum Gasteiger partial charge on any atom is -0.456 e. The van der Waals surface area contributed by atoms with Crippen LogP contribution in [-0.2, 0) is 0 Å². The Labute approximate surface area is 268 Å². The maximum Gasteiger partial charge on any atom is 0.164 e. The van der Waals surface area contributed by atoms with Crippen molar-refractivity contribution in [1.29, 1.82) is 0 Å². The van der Waals surface area contributed by atoms with Gasteiger partial charge in [-0.15, -0.1) is 0 Å². The first kappa shape index (κ1) is 25.9. The maximum atomic E-state index is 6.22. The van der Waals surface area contributed by atoms with Crippen molar-refractivity contribution in [2.24, 2.45) is 0 Å². The fourth-order valence-electron chi connectivity index (χ4n) is 6.91. The lowest BCUT2D eigenvalue weighted by molar-refractivity contribution is 0.669. The lowest BCUT2D eigenvalue weighted by Gasteiger charge is -2.11. The van der Waals surface area contributed by atoms with E-state index >= 15 is 0 Å². The first-order valence-corrected chi connectivity index (χ1v) is 15.7. The zero-order valence-corrected chi connectivity index (χ0v) is 25.4. The molecule has 0 aliphatic rings. The molecule has 0 saturated carbocycles. The standard InChI is InChI=1S/C42H25N3O2/c1-24-8-6-9-27(20-24)40-43-41(45-42(44-40)31-12-7-15-37-39(31)30-11-3-5-14-36(30)46-37)28-19-17-25-16-18-26-22-38-34(23-33(26)32(25)21-28)29-10-2-4-13-35(29)47-38/h2-23H,1H3. The molecule has 5 heteroatoms. The van der Waals surface area contributed by atoms with E-state index in [4.69, 9.17) is 23.8 Å². The molecule has 0 fully saturated rings. The zero-order chi connectivity index (χ0) is 31.1. The predicted octanol–water partition coefficient (Wildman–Crippen LogP) is 11.3. The second-order valence-electron chi connectivity index (χ2n) is 12.1. The highest BCUT2D eigenvalue weighted by molar-refractivity contribution is 6.17. The number of hydrogen-bond acceptors (Lipinski definition) is 5. The minimum atomic E-state index is 0.605. The molecule has 3 heterocycles. The molecule has 0 radical (unpaired) electrons. The molecule has 0 amide bonds. The normalized spacial score (nSPS) is 11.9. The number of nitrogens with zero attached hydrogens (tertiary/aromatic N) is 3. The zero-order valence-electron chi connectivity index (χ0n) is 25.4. The van der Waals surface area contributed by atoms with Crippen LogP contribution in [-0.4, -0.2) is 15.0 Å². The summed E-state index contributed by atoms with van der Waals surface area (Å²) in [4.78, 5) is 15.3. The molecule has 7 aromatic carbocycles. The quantitative estimate of drug-likeness (QED) is 0.188. The van der Waals surface area contributed by atoms with Crippen molar-refractivity contribution in [1.82, 2.24) is 15.0 Å². The summed E-state index contributed by atoms with van der Waals surface area (Å²) in [5.74, 6) is 1.85. The van der Waals surface area contributed by atoms with Crippen LogP contribution in [0.1, 0.15) is 5.56 Å². The van der Waals surface area contributed by atoms with Crippen LogP contribution in [0.2, 0.25) is 0 Å². The highest BCUT2D eigenvalue weighted by atomic mass is 16.3. The van der Waals surface area contributed by atoms with Gasteiger partial charge in [0.15, 0.2) is 17.5 Å². The van der Waals surface area contributed by atoms with Crippen LogP contribution < -0.4 is 0 Å². The van der Waals surface area contributed by atoms with Gasteiger partial charge in [0.1, 0.15) is 22.3 Å². The summed E-state index contributed by atoms with van der Waals surface area (Å²) in [5.41, 5.74) is 7.34. The van der Waals surface area contributed by atoms with Gasteiger partial charge in [0.2, 0.25) is 0 Å². The molecule has 0 atom stereocenters. The van der Waals surface area contributed by atoms with Crippen molar-refractivity contribution < 1.29 is 8.83 Å². The van der Waals surface area contributed by atoms with Gasteiger partial charge in [-0.2, -0.15) is 0 Å². The van der Waals surface area contributed by atoms with E-state index in [-0.39, 0.29) is 0 Å². The summed E-state index contributed by atoms with van der Waals surface area (Å²) < 4.78 is 12.4. The van der Waals surface area contributed by atoms with E-state index in [0.29, 0.717) is 17.5 Å². The summed E-state index contributed by atoms with van der Waals surface area (Å²) in [6.45, 7) is 2.08. The number of para-hydroxylation sites is 2. The number of aromatic nitrogens is 3. The molecule has 0 saturated heterocycles. The van der Waals surface area contributed by atoms with E-state index in [1.807, 2.05) is 48.5 Å². The molecule has 10 rings (SSSR count). The summed E-state index contributed by atoms with van der Waals surface area (Å²) in [6.07, 6.45) is 0. The van der Waals surface area contributed by atoms with Gasteiger partial charge < -0.3 is 8.83 Å². The van der Waals surface area contributed by atoms with Gasteiger partial charge >= 0.3 is 0 Å². The molecular weight excluding hydrogens is 578 g/mol. The van der Waals surface area contributed by atoms with Crippen LogP contribution >= 0.6 is 0 Å². The van der Waals surface area contributed by atoms with Crippen LogP contribution in [0, 0.1) is 6.92 Å². The number of aryl methyl sites for hydroxylation is 1. The predicted molar refractivity (Wildman–Crippen MR) is 190 cm³/mol. The van der Waals surface area contributed by atoms with Gasteiger partial charge in [-0.25, -0.2) is 15.0 Å². The third kappa shape index (κ3) is 4.07. The fourth-order valence-corrected chi connectivity index (χ4v) is 6.91. The largest absolute Gasteiger partial charge is 0.456 e. The van der Waals surface area contributed by atoms with E-state index < -0.39 is 0 Å². The molecule has 10 aromatic rings. The minimum absolute atomic E-state index is 0.605. The third-order valence-corrected chi connectivity index (χ3v) is 9.15. The van der Waals surface area contributed by atoms with Crippen molar-refractivity contribution in [3.63, 3.8) is 0 Å². The molecule has 0 N–H and O–H groups in total. The van der Waals surface area contributed by atoms with E-state index in [2.05, 4.69) is 91.9 Å². The van der Waals surface area contributed by atoms with E-state index in [9.17, 15) is 0 Å². The average Bonchev–Trinajstić information content (AvgIpc) is 3.68. The van der Waals surface area contributed by atoms with Gasteiger partial charge in [0.25, 0.3) is 0 Å². The molecule has 5 nitrogen and oxygen atoms in total. The Kier molecular flexibility index (Phi) is 5.43. The topological polar surface area (TPSA) is 65.0 Å². The second-order valence-corrected chi connectivity index (χ2v) is 12.1. The molecule has 0 bridgehead atoms. The van der Waals surface area contributed by atoms with Gasteiger partial charge in [0.05, 0.1) is 0 Å². The van der Waals surface area contributed by atoms with Crippen molar-refractivity contribution >= 4 is 65.4 Å². The molecular formula is C42H25N3O2. The van der Waals surface area contributed by atoms with Crippen LogP contribution in [0.3, 0.4) is 0 Å². The van der Waals surface area contributed by atoms with Crippen molar-refractivity contribution in [3.05, 3.63) is 139 Å². The summed E-state index contributed by atoms with van der Waals surface area (Å²) in [5, 5.41) is 8.82. The average molecular weight is 604 g/mol. The maximum absolute atomic E-state index is 6.22. The third-order valence-electron chi connectivity index (χ3n) is 9.15. The van der Waals surface area contributed by atoms with Gasteiger partial charge in [-0.3, -0.25) is 0 Å². The number of hydrogen-bond donors (Lipinski definition) is 0. The van der Waals surface area contributed by atoms with Gasteiger partial charge in [-0.1, -0.05) is 96.6 Å². The lowest BCUT2D eigenvalue weighted by Crippen LogP contribution is -2.00. The van der Waals surface area contributed by atoms with Crippen molar-refractivity contribution in [2.75, 3.05) is 0 Å². The molecule has 220 valence electrons. The van der Waals surface area contributed by atoms with Crippen molar-refractivity contribution in [3.8, 4) is 34.2 Å². The van der Waals surface area contributed by atoms with E-state index in [1.54, 1.807) is 0 Å². The lowest BCUT2D eigenvalue weighted by atomic mass is 9.98. The first-order valence-electron chi connectivity index (χ1n) is 15.7. The van der Waals surface area contributed by atoms with Crippen LogP contribution in [0.4, 0.5) is 0 Å². The molecule has 0 spiro atoms. The number of rotatable bonds is 3. The van der Waals surface area contributed by atoms with Crippen LogP contribution in [0.5, 0.6) is 0 Å². The molecule has 0 unspecified atom stereocenters. The van der Waals surface area contributed by atoms with Gasteiger partial charge in [-0.05, 0) is 70.9 Å². The highest BCUT2D eigenvalue weighted by Gasteiger charge is 2.18. The monoisotopic (exact) mass is 603 g/mol. The van der Waals surface area contributed by atoms with Crippen molar-refractivity contribution in [2.45, 2.75) is 6.92 Å². The first-order chi connectivity index (χ1) is 23.2. The Balaban J connectivity index is 1.23. The number of benzene rings is 7. The number of furan rings is 2. The Morgan fingerprint density at radius 1 is 0.404 bits per heavy atom. The molecule has 47 heavy (non-hydrogen) atoms. The van der Waals surface area contributed by atoms with Crippen LogP contribution in [0.15, 0.2) is 142 Å². The van der Waals surface area contributed by atoms with Gasteiger partial charge in [0, 0.05) is 38.2 Å². The van der Waals surface area contributed by atoms with Crippen LogP contribution in [0.25, 0.3) is 99.6 Å². The smallest absolute Gasteiger partial charge is 0.164 e. The Hall–Kier alpha value is -6.33. The summed E-state index contributed by atoms with van der Waals surface area (Å²) >= 11 is 0.